The third-order valence-electron chi connectivity index (χ3n) is 5.64. The number of halogens is 3. The molecule has 0 saturated heterocycles. The van der Waals surface area contributed by atoms with Gasteiger partial charge in [-0.1, -0.05) is 60.7 Å². The number of hydrogen-bond acceptors (Lipinski definition) is 4. The lowest BCUT2D eigenvalue weighted by Crippen LogP contribution is -2.31. The van der Waals surface area contributed by atoms with Crippen LogP contribution in [0.1, 0.15) is 29.2 Å². The molecule has 0 aromatic heterocycles. The van der Waals surface area contributed by atoms with E-state index in [1.165, 1.54) is 30.3 Å². The number of nitrogens with zero attached hydrogens (tertiary/aromatic N) is 2. The molecule has 1 amide bonds. The monoisotopic (exact) mass is 480 g/mol. The predicted octanol–water partition coefficient (Wildman–Crippen LogP) is 6.62. The number of hydrogen-bond donors (Lipinski definition) is 1. The topological polar surface area (TPSA) is 83.7 Å². The van der Waals surface area contributed by atoms with Gasteiger partial charge in [0.2, 0.25) is 0 Å². The summed E-state index contributed by atoms with van der Waals surface area (Å²) in [7, 11) is 0. The van der Waals surface area contributed by atoms with E-state index >= 15 is 0 Å². The van der Waals surface area contributed by atoms with Gasteiger partial charge < -0.3 is 5.11 Å². The second-order valence-corrected chi connectivity index (χ2v) is 7.83. The molecule has 1 aliphatic rings. The molecule has 0 radical (unpaired) electrons. The zero-order valence-electron chi connectivity index (χ0n) is 18.1. The third-order valence-corrected chi connectivity index (χ3v) is 5.64. The number of benzene rings is 3. The van der Waals surface area contributed by atoms with Crippen molar-refractivity contribution in [1.29, 1.82) is 0 Å². The van der Waals surface area contributed by atoms with Gasteiger partial charge in [-0.25, -0.2) is 0 Å². The summed E-state index contributed by atoms with van der Waals surface area (Å²) in [6.45, 7) is 0. The van der Waals surface area contributed by atoms with Crippen molar-refractivity contribution in [3.63, 3.8) is 0 Å². The number of allylic oxidation sites excluding steroid dienone is 1. The molecule has 1 unspecified atom stereocenters. The number of para-hydroxylation sites is 1. The molecule has 0 spiro atoms. The van der Waals surface area contributed by atoms with E-state index in [0.29, 0.717) is 0 Å². The van der Waals surface area contributed by atoms with Crippen molar-refractivity contribution in [2.24, 2.45) is 0 Å². The number of carbonyl (C=O) groups is 1. The van der Waals surface area contributed by atoms with Crippen molar-refractivity contribution in [3.8, 4) is 0 Å². The quantitative estimate of drug-likeness (QED) is 0.318. The van der Waals surface area contributed by atoms with Crippen LogP contribution in [0.25, 0.3) is 6.08 Å². The van der Waals surface area contributed by atoms with Crippen LogP contribution in [0.15, 0.2) is 96.3 Å². The van der Waals surface area contributed by atoms with Crippen molar-refractivity contribution >= 4 is 23.4 Å². The number of nitro benzene ring substituents is 1. The normalized spacial score (nSPS) is 16.4. The van der Waals surface area contributed by atoms with E-state index in [-0.39, 0.29) is 28.9 Å². The van der Waals surface area contributed by atoms with Crippen LogP contribution in [0.2, 0.25) is 0 Å². The Morgan fingerprint density at radius 1 is 1.00 bits per heavy atom. The molecule has 3 aromatic carbocycles. The number of amides is 1. The molecule has 9 heteroatoms. The Morgan fingerprint density at radius 3 is 2.37 bits per heavy atom. The highest BCUT2D eigenvalue weighted by Gasteiger charge is 2.44. The first kappa shape index (κ1) is 23.7. The van der Waals surface area contributed by atoms with Crippen molar-refractivity contribution < 1.29 is 28.0 Å². The van der Waals surface area contributed by atoms with Gasteiger partial charge in [0, 0.05) is 17.3 Å². The molecule has 6 nitrogen and oxygen atoms in total. The smallest absolute Gasteiger partial charge is 0.416 e. The van der Waals surface area contributed by atoms with Gasteiger partial charge in [0.25, 0.3) is 11.6 Å². The molecule has 4 rings (SSSR count). The Kier molecular flexibility index (Phi) is 6.42. The number of carbonyl (C=O) groups excluding carboxylic acids is 1. The Bertz CT molecular complexity index is 1330. The summed E-state index contributed by atoms with van der Waals surface area (Å²) in [5, 5.41) is 22.5. The fraction of sp³-hybridized carbons (Fsp3) is 0.115. The summed E-state index contributed by atoms with van der Waals surface area (Å²) in [6, 6.07) is 17.8. The highest BCUT2D eigenvalue weighted by atomic mass is 19.4. The first-order valence-corrected chi connectivity index (χ1v) is 10.6. The van der Waals surface area contributed by atoms with E-state index in [9.17, 15) is 33.2 Å². The minimum absolute atomic E-state index is 0.0403. The van der Waals surface area contributed by atoms with Crippen LogP contribution in [0, 0.1) is 10.1 Å². The Morgan fingerprint density at radius 2 is 1.69 bits per heavy atom. The highest BCUT2D eigenvalue weighted by Crippen LogP contribution is 2.45. The predicted molar refractivity (Wildman–Crippen MR) is 125 cm³/mol. The lowest BCUT2D eigenvalue weighted by Gasteiger charge is -2.27. The number of alkyl halides is 3. The molecule has 35 heavy (non-hydrogen) atoms. The number of nitro groups is 1. The van der Waals surface area contributed by atoms with E-state index in [2.05, 4.69) is 0 Å². The summed E-state index contributed by atoms with van der Waals surface area (Å²) in [5.41, 5.74) is -0.359. The molecule has 1 heterocycles. The molecule has 1 aliphatic heterocycles. The summed E-state index contributed by atoms with van der Waals surface area (Å²) < 4.78 is 40.1. The van der Waals surface area contributed by atoms with Crippen LogP contribution in [-0.2, 0) is 11.0 Å². The van der Waals surface area contributed by atoms with Gasteiger partial charge in [0.1, 0.15) is 0 Å². The SMILES string of the molecule is O=C1C(O)=C(C/C=C/c2ccccc2)C(c2ccccc2[N+](=O)[O-])N1c1cccc(C(F)(F)F)c1. The first-order chi connectivity index (χ1) is 16.7. The zero-order chi connectivity index (χ0) is 25.2. The lowest BCUT2D eigenvalue weighted by atomic mass is 9.94. The van der Waals surface area contributed by atoms with Crippen LogP contribution in [0.5, 0.6) is 0 Å². The molecule has 178 valence electrons. The molecule has 0 bridgehead atoms. The Labute approximate surface area is 198 Å². The van der Waals surface area contributed by atoms with E-state index in [1.807, 2.05) is 30.3 Å². The van der Waals surface area contributed by atoms with Gasteiger partial charge in [-0.15, -0.1) is 0 Å². The third kappa shape index (κ3) is 4.79. The second kappa shape index (κ2) is 9.46. The fourth-order valence-electron chi connectivity index (χ4n) is 4.06. The van der Waals surface area contributed by atoms with E-state index in [0.717, 1.165) is 28.7 Å². The van der Waals surface area contributed by atoms with Crippen molar-refractivity contribution in [2.75, 3.05) is 4.90 Å². The molecule has 3 aromatic rings. The van der Waals surface area contributed by atoms with Crippen LogP contribution >= 0.6 is 0 Å². The van der Waals surface area contributed by atoms with Gasteiger partial charge in [0.15, 0.2) is 5.76 Å². The molecule has 1 atom stereocenters. The molecule has 1 N–H and O–H groups in total. The van der Waals surface area contributed by atoms with Crippen LogP contribution in [0.4, 0.5) is 24.5 Å². The zero-order valence-corrected chi connectivity index (χ0v) is 18.1. The van der Waals surface area contributed by atoms with Gasteiger partial charge in [-0.2, -0.15) is 13.2 Å². The fourth-order valence-corrected chi connectivity index (χ4v) is 4.06. The summed E-state index contributed by atoms with van der Waals surface area (Å²) >= 11 is 0. The maximum absolute atomic E-state index is 13.4. The number of anilines is 1. The minimum atomic E-state index is -4.66. The second-order valence-electron chi connectivity index (χ2n) is 7.83. The summed E-state index contributed by atoms with van der Waals surface area (Å²) in [6.07, 6.45) is -1.18. The highest BCUT2D eigenvalue weighted by molar-refractivity contribution is 6.09. The Balaban J connectivity index is 1.82. The van der Waals surface area contributed by atoms with E-state index in [4.69, 9.17) is 0 Å². The molecular weight excluding hydrogens is 461 g/mol. The number of aliphatic hydroxyl groups excluding tert-OH is 1. The van der Waals surface area contributed by atoms with Gasteiger partial charge in [-0.3, -0.25) is 19.8 Å². The van der Waals surface area contributed by atoms with Crippen molar-refractivity contribution in [1.82, 2.24) is 0 Å². The van der Waals surface area contributed by atoms with Crippen LogP contribution in [0.3, 0.4) is 0 Å². The standard InChI is InChI=1S/C26H19F3N2O4/c27-26(28,29)18-11-7-12-19(16-18)30-23(20-13-4-5-15-22(20)31(34)35)21(24(32)25(30)33)14-6-10-17-8-2-1-3-9-17/h1-13,15-16,23,32H,14H2/b10-6+. The average molecular weight is 480 g/mol. The Hall–Kier alpha value is -4.40. The largest absolute Gasteiger partial charge is 0.503 e. The lowest BCUT2D eigenvalue weighted by molar-refractivity contribution is -0.385. The van der Waals surface area contributed by atoms with E-state index in [1.54, 1.807) is 12.2 Å². The molecule has 0 aliphatic carbocycles. The molecule has 0 fully saturated rings. The van der Waals surface area contributed by atoms with E-state index < -0.39 is 34.4 Å². The van der Waals surface area contributed by atoms with Gasteiger partial charge >= 0.3 is 6.18 Å². The minimum Gasteiger partial charge on any atom is -0.503 e. The van der Waals surface area contributed by atoms with Crippen LogP contribution < -0.4 is 4.90 Å². The number of rotatable bonds is 6. The maximum Gasteiger partial charge on any atom is 0.416 e. The van der Waals surface area contributed by atoms with Crippen LogP contribution in [-0.4, -0.2) is 15.9 Å². The molecule has 0 saturated carbocycles. The first-order valence-electron chi connectivity index (χ1n) is 10.6. The van der Waals surface area contributed by atoms with Gasteiger partial charge in [-0.05, 0) is 36.2 Å². The number of aliphatic hydroxyl groups is 1. The summed E-state index contributed by atoms with van der Waals surface area (Å²) in [5.74, 6) is -1.58. The average Bonchev–Trinajstić information content (AvgIpc) is 3.09. The van der Waals surface area contributed by atoms with Crippen molar-refractivity contribution in [2.45, 2.75) is 18.6 Å². The van der Waals surface area contributed by atoms with Gasteiger partial charge in [0.05, 0.1) is 22.1 Å². The molecular formula is C26H19F3N2O4. The summed E-state index contributed by atoms with van der Waals surface area (Å²) in [4.78, 5) is 25.2. The van der Waals surface area contributed by atoms with Crippen molar-refractivity contribution in [3.05, 3.63) is 123 Å². The maximum atomic E-state index is 13.4.